The second kappa shape index (κ2) is 18.0. The van der Waals surface area contributed by atoms with Crippen LogP contribution in [0.1, 0.15) is 92.4 Å². The molecule has 180 valence electrons. The lowest BCUT2D eigenvalue weighted by Crippen LogP contribution is -2.44. The number of hydrogen-bond donors (Lipinski definition) is 0. The second-order valence-electron chi connectivity index (χ2n) is 8.10. The van der Waals surface area contributed by atoms with E-state index in [0.717, 1.165) is 81.7 Å². The zero-order valence-corrected chi connectivity index (χ0v) is 21.4. The van der Waals surface area contributed by atoms with Crippen LogP contribution in [0.2, 0.25) is 18.1 Å². The Kier molecular flexibility index (Phi) is 17.0. The molecule has 0 spiro atoms. The van der Waals surface area contributed by atoms with Crippen LogP contribution in [0, 0.1) is 0 Å². The van der Waals surface area contributed by atoms with Gasteiger partial charge in [0, 0.05) is 12.2 Å². The first-order valence-corrected chi connectivity index (χ1v) is 14.7. The Bertz CT molecular complexity index is 524. The Morgan fingerprint density at radius 3 is 1.68 bits per heavy atom. The Labute approximate surface area is 190 Å². The van der Waals surface area contributed by atoms with E-state index >= 15 is 0 Å². The van der Waals surface area contributed by atoms with Gasteiger partial charge in [0.1, 0.15) is 0 Å². The Hall–Kier alpha value is -1.63. The number of hydrogen-bond acceptors (Lipinski definition) is 6. The molecule has 1 atom stereocenters. The zero-order chi connectivity index (χ0) is 23.5. The summed E-state index contributed by atoms with van der Waals surface area (Å²) in [5.41, 5.74) is 0. The van der Waals surface area contributed by atoms with Gasteiger partial charge in [-0.2, -0.15) is 0 Å². The van der Waals surface area contributed by atoms with E-state index in [9.17, 15) is 14.4 Å². The number of ether oxygens (including phenoxy) is 2. The van der Waals surface area contributed by atoms with Crippen molar-refractivity contribution in [3.8, 4) is 0 Å². The van der Waals surface area contributed by atoms with Gasteiger partial charge in [0.15, 0.2) is 6.10 Å². The summed E-state index contributed by atoms with van der Waals surface area (Å²) in [5, 5.41) is 0. The van der Waals surface area contributed by atoms with Gasteiger partial charge in [0.05, 0.1) is 6.61 Å². The molecule has 0 aromatic heterocycles. The summed E-state index contributed by atoms with van der Waals surface area (Å²) in [4.78, 5) is 36.7. The molecule has 0 fully saturated rings. The minimum Gasteiger partial charge on any atom is -0.516 e. The molecule has 31 heavy (non-hydrogen) atoms. The molecule has 1 unspecified atom stereocenters. The summed E-state index contributed by atoms with van der Waals surface area (Å²) in [6.45, 7) is 10.5. The molecule has 0 aromatic carbocycles. The van der Waals surface area contributed by atoms with Crippen molar-refractivity contribution < 1.29 is 28.3 Å². The van der Waals surface area contributed by atoms with Crippen LogP contribution in [0.5, 0.6) is 0 Å². The fourth-order valence-corrected chi connectivity index (χ4v) is 7.89. The second-order valence-corrected chi connectivity index (χ2v) is 12.2. The number of carbonyl (C=O) groups excluding carboxylic acids is 3. The number of carbonyl (C=O) groups is 3. The van der Waals surface area contributed by atoms with E-state index in [1.165, 1.54) is 0 Å². The minimum absolute atomic E-state index is 0.318. The molecule has 7 heteroatoms. The van der Waals surface area contributed by atoms with Crippen LogP contribution in [0.3, 0.4) is 0 Å². The fraction of sp³-hybridized carbons (Fsp3) is 0.792. The van der Waals surface area contributed by atoms with Crippen LogP contribution in [-0.2, 0) is 28.3 Å². The van der Waals surface area contributed by atoms with Gasteiger partial charge in [-0.3, -0.25) is 0 Å². The van der Waals surface area contributed by atoms with Gasteiger partial charge in [-0.25, -0.2) is 14.4 Å². The maximum absolute atomic E-state index is 12.9. The van der Waals surface area contributed by atoms with Gasteiger partial charge in [-0.15, -0.1) is 0 Å². The average Bonchev–Trinajstić information content (AvgIpc) is 2.76. The van der Waals surface area contributed by atoms with Gasteiger partial charge >= 0.3 is 17.9 Å². The third kappa shape index (κ3) is 13.4. The standard InChI is InChI=1S/C24H44O6Si/c1-6-11-17-28-22(25)15-16-23(26)29-21(10-5)24(27)30-31(18-12-7-2,19-13-8-3)20-14-9-4/h15-16,21H,6-14,17-20H2,1-5H3/b16-15+. The molecule has 0 aliphatic heterocycles. The summed E-state index contributed by atoms with van der Waals surface area (Å²) in [6, 6.07) is 2.88. The predicted molar refractivity (Wildman–Crippen MR) is 126 cm³/mol. The van der Waals surface area contributed by atoms with Gasteiger partial charge < -0.3 is 13.9 Å². The van der Waals surface area contributed by atoms with E-state index in [0.29, 0.717) is 13.0 Å². The Morgan fingerprint density at radius 2 is 1.23 bits per heavy atom. The lowest BCUT2D eigenvalue weighted by molar-refractivity contribution is -0.159. The van der Waals surface area contributed by atoms with E-state index in [4.69, 9.17) is 13.9 Å². The first-order valence-electron chi connectivity index (χ1n) is 12.2. The molecule has 6 nitrogen and oxygen atoms in total. The zero-order valence-electron chi connectivity index (χ0n) is 20.4. The molecule has 0 saturated heterocycles. The number of esters is 2. The first-order chi connectivity index (χ1) is 14.9. The molecular weight excluding hydrogens is 412 g/mol. The highest BCUT2D eigenvalue weighted by molar-refractivity contribution is 6.75. The summed E-state index contributed by atoms with van der Waals surface area (Å²) in [7, 11) is -2.24. The summed E-state index contributed by atoms with van der Waals surface area (Å²) in [5.74, 6) is -1.77. The van der Waals surface area contributed by atoms with Crippen molar-refractivity contribution >= 4 is 26.2 Å². The molecule has 0 aliphatic rings. The van der Waals surface area contributed by atoms with Gasteiger partial charge in [0.25, 0.3) is 8.32 Å². The van der Waals surface area contributed by atoms with Gasteiger partial charge in [0.2, 0.25) is 0 Å². The predicted octanol–water partition coefficient (Wildman–Crippen LogP) is 6.10. The normalized spacial score (nSPS) is 12.5. The van der Waals surface area contributed by atoms with Crippen molar-refractivity contribution in [3.05, 3.63) is 12.2 Å². The van der Waals surface area contributed by atoms with E-state index in [1.807, 2.05) is 6.92 Å². The van der Waals surface area contributed by atoms with Crippen LogP contribution < -0.4 is 0 Å². The highest BCUT2D eigenvalue weighted by Gasteiger charge is 2.39. The Balaban J connectivity index is 5.08. The number of rotatable bonds is 18. The maximum atomic E-state index is 12.9. The fourth-order valence-electron chi connectivity index (χ4n) is 3.28. The molecule has 0 heterocycles. The Morgan fingerprint density at radius 1 is 0.742 bits per heavy atom. The largest absolute Gasteiger partial charge is 0.516 e. The van der Waals surface area contributed by atoms with Crippen molar-refractivity contribution in [1.82, 2.24) is 0 Å². The quantitative estimate of drug-likeness (QED) is 0.107. The van der Waals surface area contributed by atoms with Gasteiger partial charge in [-0.05, 0) is 31.0 Å². The third-order valence-electron chi connectivity index (χ3n) is 5.26. The summed E-state index contributed by atoms with van der Waals surface area (Å²) in [6.07, 6.45) is 9.46. The van der Waals surface area contributed by atoms with Crippen molar-refractivity contribution in [2.24, 2.45) is 0 Å². The molecule has 0 rings (SSSR count). The molecule has 0 N–H and O–H groups in total. The van der Waals surface area contributed by atoms with Crippen LogP contribution in [-0.4, -0.2) is 38.9 Å². The number of unbranched alkanes of at least 4 members (excludes halogenated alkanes) is 4. The summed E-state index contributed by atoms with van der Waals surface area (Å²) < 4.78 is 16.5. The lowest BCUT2D eigenvalue weighted by Gasteiger charge is -2.32. The van der Waals surface area contributed by atoms with E-state index in [2.05, 4.69) is 20.8 Å². The molecule has 0 bridgehead atoms. The maximum Gasteiger partial charge on any atom is 0.334 e. The van der Waals surface area contributed by atoms with Crippen LogP contribution in [0.25, 0.3) is 0 Å². The van der Waals surface area contributed by atoms with Crippen molar-refractivity contribution in [1.29, 1.82) is 0 Å². The van der Waals surface area contributed by atoms with Crippen molar-refractivity contribution in [3.63, 3.8) is 0 Å². The molecule has 0 aliphatic carbocycles. The minimum atomic E-state index is -2.24. The van der Waals surface area contributed by atoms with Crippen molar-refractivity contribution in [2.45, 2.75) is 117 Å². The monoisotopic (exact) mass is 456 g/mol. The first kappa shape index (κ1) is 29.4. The molecule has 0 radical (unpaired) electrons. The topological polar surface area (TPSA) is 78.9 Å². The highest BCUT2D eigenvalue weighted by Crippen LogP contribution is 2.30. The average molecular weight is 457 g/mol. The SMILES string of the molecule is CCCCOC(=O)/C=C/C(=O)OC(CC)C(=O)O[Si](CCCC)(CCCC)CCCC. The molecule has 0 saturated carbocycles. The highest BCUT2D eigenvalue weighted by atomic mass is 28.4. The van der Waals surface area contributed by atoms with E-state index in [1.54, 1.807) is 6.92 Å². The summed E-state index contributed by atoms with van der Waals surface area (Å²) >= 11 is 0. The van der Waals surface area contributed by atoms with Gasteiger partial charge in [-0.1, -0.05) is 79.6 Å². The van der Waals surface area contributed by atoms with Crippen LogP contribution >= 0.6 is 0 Å². The molecular formula is C24H44O6Si. The van der Waals surface area contributed by atoms with Crippen LogP contribution in [0.15, 0.2) is 12.2 Å². The van der Waals surface area contributed by atoms with Crippen LogP contribution in [0.4, 0.5) is 0 Å². The van der Waals surface area contributed by atoms with E-state index < -0.39 is 32.3 Å². The van der Waals surface area contributed by atoms with Crippen molar-refractivity contribution in [2.75, 3.05) is 6.61 Å². The van der Waals surface area contributed by atoms with E-state index in [-0.39, 0.29) is 0 Å². The lowest BCUT2D eigenvalue weighted by atomic mass is 10.3. The third-order valence-corrected chi connectivity index (χ3v) is 9.69. The molecule has 0 aromatic rings. The smallest absolute Gasteiger partial charge is 0.334 e. The molecule has 0 amide bonds.